The van der Waals surface area contributed by atoms with Gasteiger partial charge in [-0.1, -0.05) is 19.3 Å². The lowest BCUT2D eigenvalue weighted by Crippen LogP contribution is -2.58. The van der Waals surface area contributed by atoms with E-state index in [0.29, 0.717) is 6.04 Å². The molecule has 0 aromatic carbocycles. The first kappa shape index (κ1) is 12.9. The predicted octanol–water partition coefficient (Wildman–Crippen LogP) is 2.16. The zero-order valence-corrected chi connectivity index (χ0v) is 11.8. The van der Waals surface area contributed by atoms with Crippen molar-refractivity contribution in [2.45, 2.75) is 69.6 Å². The molecule has 1 aliphatic carbocycles. The highest BCUT2D eigenvalue weighted by molar-refractivity contribution is 4.94. The molecular weight excluding hydrogens is 224 g/mol. The van der Waals surface area contributed by atoms with Gasteiger partial charge < -0.3 is 10.1 Å². The van der Waals surface area contributed by atoms with Crippen molar-refractivity contribution in [1.82, 2.24) is 10.2 Å². The summed E-state index contributed by atoms with van der Waals surface area (Å²) < 4.78 is 6.22. The zero-order valence-electron chi connectivity index (χ0n) is 11.8. The Bertz CT molecular complexity index is 270. The number of rotatable bonds is 1. The van der Waals surface area contributed by atoms with Crippen molar-refractivity contribution < 1.29 is 4.74 Å². The third-order valence-electron chi connectivity index (χ3n) is 5.25. The molecule has 3 fully saturated rings. The van der Waals surface area contributed by atoms with Gasteiger partial charge in [0.1, 0.15) is 0 Å². The number of piperazine rings is 1. The second kappa shape index (κ2) is 5.48. The Morgan fingerprint density at radius 1 is 1.22 bits per heavy atom. The van der Waals surface area contributed by atoms with Gasteiger partial charge in [0.15, 0.2) is 0 Å². The van der Waals surface area contributed by atoms with E-state index in [1.54, 1.807) is 0 Å². The Morgan fingerprint density at radius 3 is 2.83 bits per heavy atom. The molecular formula is C15H28N2O. The first-order chi connectivity index (χ1) is 8.79. The van der Waals surface area contributed by atoms with Crippen LogP contribution in [0.5, 0.6) is 0 Å². The van der Waals surface area contributed by atoms with E-state index in [2.05, 4.69) is 17.1 Å². The van der Waals surface area contributed by atoms with Crippen LogP contribution in [-0.4, -0.2) is 48.8 Å². The molecule has 0 bridgehead atoms. The number of nitrogens with one attached hydrogen (secondary N) is 1. The molecule has 1 N–H and O–H groups in total. The fourth-order valence-electron chi connectivity index (χ4n) is 4.23. The first-order valence-corrected chi connectivity index (χ1v) is 7.90. The van der Waals surface area contributed by atoms with E-state index in [1.807, 2.05) is 0 Å². The quantitative estimate of drug-likeness (QED) is 0.774. The Kier molecular flexibility index (Phi) is 3.92. The minimum atomic E-state index is 0.256. The van der Waals surface area contributed by atoms with Crippen LogP contribution in [0.25, 0.3) is 0 Å². The normalized spacial score (nSPS) is 37.8. The fraction of sp³-hybridized carbons (Fsp3) is 1.00. The molecule has 2 heterocycles. The van der Waals surface area contributed by atoms with Gasteiger partial charge in [0.25, 0.3) is 0 Å². The average Bonchev–Trinajstić information content (AvgIpc) is 2.40. The average molecular weight is 252 g/mol. The summed E-state index contributed by atoms with van der Waals surface area (Å²) in [4.78, 5) is 2.75. The van der Waals surface area contributed by atoms with E-state index >= 15 is 0 Å². The second-order valence-corrected chi connectivity index (χ2v) is 6.53. The van der Waals surface area contributed by atoms with Crippen molar-refractivity contribution in [3.8, 4) is 0 Å². The van der Waals surface area contributed by atoms with Gasteiger partial charge in [-0.2, -0.15) is 0 Å². The standard InChI is InChI=1S/C15H28N2O/c1-13-12-16-8-9-17(13)14-5-10-18-15(11-14)6-3-2-4-7-15/h13-14,16H,2-12H2,1H3/t13-,14?/m1/s1. The van der Waals surface area contributed by atoms with Crippen molar-refractivity contribution >= 4 is 0 Å². The first-order valence-electron chi connectivity index (χ1n) is 7.90. The predicted molar refractivity (Wildman–Crippen MR) is 73.8 cm³/mol. The smallest absolute Gasteiger partial charge is 0.0697 e. The largest absolute Gasteiger partial charge is 0.375 e. The van der Waals surface area contributed by atoms with Gasteiger partial charge in [-0.05, 0) is 32.6 Å². The third-order valence-corrected chi connectivity index (χ3v) is 5.25. The van der Waals surface area contributed by atoms with E-state index in [0.717, 1.165) is 25.7 Å². The van der Waals surface area contributed by atoms with Gasteiger partial charge in [-0.3, -0.25) is 4.90 Å². The monoisotopic (exact) mass is 252 g/mol. The molecule has 3 aliphatic rings. The van der Waals surface area contributed by atoms with Gasteiger partial charge in [0, 0.05) is 38.3 Å². The molecule has 18 heavy (non-hydrogen) atoms. The van der Waals surface area contributed by atoms with Gasteiger partial charge in [-0.15, -0.1) is 0 Å². The van der Waals surface area contributed by atoms with Crippen LogP contribution in [0.1, 0.15) is 51.9 Å². The maximum atomic E-state index is 6.22. The van der Waals surface area contributed by atoms with E-state index in [-0.39, 0.29) is 5.60 Å². The number of ether oxygens (including phenoxy) is 1. The third kappa shape index (κ3) is 2.59. The van der Waals surface area contributed by atoms with Gasteiger partial charge in [0.05, 0.1) is 5.60 Å². The summed E-state index contributed by atoms with van der Waals surface area (Å²) in [7, 11) is 0. The highest BCUT2D eigenvalue weighted by Gasteiger charge is 2.41. The van der Waals surface area contributed by atoms with Crippen LogP contribution in [-0.2, 0) is 4.74 Å². The van der Waals surface area contributed by atoms with Crippen molar-refractivity contribution in [2.75, 3.05) is 26.2 Å². The number of nitrogens with zero attached hydrogens (tertiary/aromatic N) is 1. The summed E-state index contributed by atoms with van der Waals surface area (Å²) in [5.74, 6) is 0. The lowest BCUT2D eigenvalue weighted by Gasteiger charge is -2.49. The van der Waals surface area contributed by atoms with Crippen LogP contribution in [0.3, 0.4) is 0 Å². The summed E-state index contributed by atoms with van der Waals surface area (Å²) >= 11 is 0. The molecule has 1 spiro atoms. The van der Waals surface area contributed by atoms with E-state index in [4.69, 9.17) is 4.74 Å². The summed E-state index contributed by atoms with van der Waals surface area (Å²) in [5.41, 5.74) is 0.256. The molecule has 0 aromatic rings. The number of hydrogen-bond donors (Lipinski definition) is 1. The summed E-state index contributed by atoms with van der Waals surface area (Å²) in [6, 6.07) is 1.47. The van der Waals surface area contributed by atoms with E-state index in [1.165, 1.54) is 51.5 Å². The van der Waals surface area contributed by atoms with Crippen molar-refractivity contribution in [3.63, 3.8) is 0 Å². The molecule has 2 saturated heterocycles. The molecule has 2 atom stereocenters. The molecule has 1 saturated carbocycles. The lowest BCUT2D eigenvalue weighted by atomic mass is 9.77. The Balaban J connectivity index is 1.65. The van der Waals surface area contributed by atoms with Gasteiger partial charge in [0.2, 0.25) is 0 Å². The van der Waals surface area contributed by atoms with Crippen LogP contribution in [0.4, 0.5) is 0 Å². The molecule has 2 aliphatic heterocycles. The van der Waals surface area contributed by atoms with Crippen LogP contribution in [0, 0.1) is 0 Å². The summed E-state index contributed by atoms with van der Waals surface area (Å²) in [5, 5.41) is 3.50. The van der Waals surface area contributed by atoms with Crippen molar-refractivity contribution in [2.24, 2.45) is 0 Å². The maximum Gasteiger partial charge on any atom is 0.0697 e. The Hall–Kier alpha value is -0.120. The van der Waals surface area contributed by atoms with Crippen LogP contribution >= 0.6 is 0 Å². The zero-order chi connectivity index (χ0) is 12.4. The summed E-state index contributed by atoms with van der Waals surface area (Å²) in [6.07, 6.45) is 9.32. The molecule has 3 rings (SSSR count). The minimum Gasteiger partial charge on any atom is -0.375 e. The summed E-state index contributed by atoms with van der Waals surface area (Å²) in [6.45, 7) is 6.90. The minimum absolute atomic E-state index is 0.256. The van der Waals surface area contributed by atoms with E-state index < -0.39 is 0 Å². The topological polar surface area (TPSA) is 24.5 Å². The molecule has 1 unspecified atom stereocenters. The highest BCUT2D eigenvalue weighted by Crippen LogP contribution is 2.40. The molecule has 104 valence electrons. The van der Waals surface area contributed by atoms with Crippen molar-refractivity contribution in [1.29, 1.82) is 0 Å². The van der Waals surface area contributed by atoms with E-state index in [9.17, 15) is 0 Å². The van der Waals surface area contributed by atoms with Gasteiger partial charge >= 0.3 is 0 Å². The number of hydrogen-bond acceptors (Lipinski definition) is 3. The molecule has 0 radical (unpaired) electrons. The van der Waals surface area contributed by atoms with Crippen LogP contribution in [0.15, 0.2) is 0 Å². The molecule has 0 aromatic heterocycles. The highest BCUT2D eigenvalue weighted by atomic mass is 16.5. The molecule has 3 heteroatoms. The lowest BCUT2D eigenvalue weighted by molar-refractivity contribution is -0.129. The second-order valence-electron chi connectivity index (χ2n) is 6.53. The maximum absolute atomic E-state index is 6.22. The Morgan fingerprint density at radius 2 is 2.06 bits per heavy atom. The Labute approximate surface area is 111 Å². The SMILES string of the molecule is C[C@@H]1CNCCN1C1CCOC2(CCCCC2)C1. The van der Waals surface area contributed by atoms with Gasteiger partial charge in [-0.25, -0.2) is 0 Å². The van der Waals surface area contributed by atoms with Crippen molar-refractivity contribution in [3.05, 3.63) is 0 Å². The van der Waals surface area contributed by atoms with Crippen LogP contribution < -0.4 is 5.32 Å². The van der Waals surface area contributed by atoms with Crippen LogP contribution in [0.2, 0.25) is 0 Å². The fourth-order valence-corrected chi connectivity index (χ4v) is 4.23. The molecule has 3 nitrogen and oxygen atoms in total. The molecule has 0 amide bonds.